The van der Waals surface area contributed by atoms with Crippen LogP contribution in [0.1, 0.15) is 25.7 Å². The van der Waals surface area contributed by atoms with Crippen molar-refractivity contribution in [3.8, 4) is 10.4 Å². The number of hydrogen-bond donors (Lipinski definition) is 1. The van der Waals surface area contributed by atoms with E-state index in [0.717, 1.165) is 53.6 Å². The van der Waals surface area contributed by atoms with E-state index in [-0.39, 0.29) is 11.8 Å². The molecular weight excluding hydrogens is 401 g/mol. The molecule has 1 amide bonds. The van der Waals surface area contributed by atoms with Gasteiger partial charge >= 0.3 is 0 Å². The van der Waals surface area contributed by atoms with Crippen molar-refractivity contribution in [3.05, 3.63) is 36.2 Å². The SMILES string of the molecule is O=C(Nc1cc2cc(-c3cncs3)cnc2cn1)[C@H]1CC[C@H](CN2CC(F)C2)CC1. The predicted molar refractivity (Wildman–Crippen MR) is 116 cm³/mol. The molecule has 3 aromatic heterocycles. The number of hydrogen-bond acceptors (Lipinski definition) is 6. The number of alkyl halides is 1. The number of aromatic nitrogens is 3. The predicted octanol–water partition coefficient (Wildman–Crippen LogP) is 4.15. The first-order valence-electron chi connectivity index (χ1n) is 10.5. The van der Waals surface area contributed by atoms with E-state index in [4.69, 9.17) is 0 Å². The molecule has 0 radical (unpaired) electrons. The zero-order chi connectivity index (χ0) is 20.5. The minimum Gasteiger partial charge on any atom is -0.310 e. The lowest BCUT2D eigenvalue weighted by Gasteiger charge is -2.38. The molecule has 6 nitrogen and oxygen atoms in total. The van der Waals surface area contributed by atoms with Crippen molar-refractivity contribution in [1.82, 2.24) is 19.9 Å². The van der Waals surface area contributed by atoms with E-state index in [9.17, 15) is 9.18 Å². The Kier molecular flexibility index (Phi) is 5.43. The lowest BCUT2D eigenvalue weighted by Crippen LogP contribution is -2.50. The van der Waals surface area contributed by atoms with E-state index < -0.39 is 6.17 Å². The summed E-state index contributed by atoms with van der Waals surface area (Å²) in [5.74, 6) is 1.20. The fourth-order valence-electron chi connectivity index (χ4n) is 4.45. The Morgan fingerprint density at radius 1 is 1.13 bits per heavy atom. The van der Waals surface area contributed by atoms with Crippen molar-refractivity contribution in [2.45, 2.75) is 31.9 Å². The van der Waals surface area contributed by atoms with Crippen LogP contribution in [0, 0.1) is 11.8 Å². The average Bonchev–Trinajstić information content (AvgIpc) is 3.27. The van der Waals surface area contributed by atoms with E-state index >= 15 is 0 Å². The lowest BCUT2D eigenvalue weighted by atomic mass is 9.81. The highest BCUT2D eigenvalue weighted by Gasteiger charge is 2.31. The van der Waals surface area contributed by atoms with Gasteiger partial charge in [0.2, 0.25) is 5.91 Å². The van der Waals surface area contributed by atoms with Gasteiger partial charge in [-0.25, -0.2) is 9.37 Å². The Morgan fingerprint density at radius 3 is 2.70 bits per heavy atom. The maximum absolute atomic E-state index is 13.0. The van der Waals surface area contributed by atoms with Crippen molar-refractivity contribution < 1.29 is 9.18 Å². The highest BCUT2D eigenvalue weighted by atomic mass is 32.1. The molecule has 30 heavy (non-hydrogen) atoms. The molecular formula is C22H24FN5OS. The number of likely N-dealkylation sites (tertiary alicyclic amines) is 1. The number of anilines is 1. The van der Waals surface area contributed by atoms with Crippen LogP contribution < -0.4 is 5.32 Å². The summed E-state index contributed by atoms with van der Waals surface area (Å²) in [5.41, 5.74) is 3.60. The minimum atomic E-state index is -0.644. The Bertz CT molecular complexity index is 1030. The standard InChI is InChI=1S/C22H24FN5OS/c23-18-11-28(12-18)10-14-1-3-15(4-2-14)22(29)27-21-6-16-5-17(20-9-24-13-30-20)7-25-19(16)8-26-21/h5-9,13-15,18H,1-4,10-12H2,(H,26,27,29)/t14-,15-. The van der Waals surface area contributed by atoms with Crippen molar-refractivity contribution in [3.63, 3.8) is 0 Å². The number of fused-ring (bicyclic) bond motifs is 1. The summed E-state index contributed by atoms with van der Waals surface area (Å²) in [4.78, 5) is 29.0. The van der Waals surface area contributed by atoms with Crippen molar-refractivity contribution in [2.24, 2.45) is 11.8 Å². The summed E-state index contributed by atoms with van der Waals surface area (Å²) >= 11 is 1.57. The van der Waals surface area contributed by atoms with Crippen molar-refractivity contribution in [2.75, 3.05) is 25.0 Å². The summed E-state index contributed by atoms with van der Waals surface area (Å²) in [5, 5.41) is 3.93. The molecule has 2 aliphatic rings. The van der Waals surface area contributed by atoms with Crippen LogP contribution in [-0.2, 0) is 4.79 Å². The molecule has 0 aromatic carbocycles. The maximum Gasteiger partial charge on any atom is 0.228 e. The molecule has 1 saturated heterocycles. The van der Waals surface area contributed by atoms with Crippen LogP contribution in [0.15, 0.2) is 36.2 Å². The fourth-order valence-corrected chi connectivity index (χ4v) is 5.05. The van der Waals surface area contributed by atoms with Crippen LogP contribution >= 0.6 is 11.3 Å². The number of rotatable bonds is 5. The number of carbonyl (C=O) groups excluding carboxylic acids is 1. The quantitative estimate of drug-likeness (QED) is 0.665. The summed E-state index contributed by atoms with van der Waals surface area (Å²) in [6.07, 6.45) is 8.52. The lowest BCUT2D eigenvalue weighted by molar-refractivity contribution is -0.121. The zero-order valence-corrected chi connectivity index (χ0v) is 17.4. The van der Waals surface area contributed by atoms with Gasteiger partial charge in [-0.1, -0.05) is 0 Å². The molecule has 5 rings (SSSR count). The second-order valence-electron chi connectivity index (χ2n) is 8.37. The number of thiazole rings is 1. The third-order valence-corrected chi connectivity index (χ3v) is 7.00. The van der Waals surface area contributed by atoms with Crippen LogP contribution in [0.2, 0.25) is 0 Å². The second kappa shape index (κ2) is 8.35. The number of halogens is 1. The first kappa shape index (κ1) is 19.5. The molecule has 156 valence electrons. The highest BCUT2D eigenvalue weighted by Crippen LogP contribution is 2.32. The summed E-state index contributed by atoms with van der Waals surface area (Å²) in [6, 6.07) is 3.93. The zero-order valence-electron chi connectivity index (χ0n) is 16.6. The summed E-state index contributed by atoms with van der Waals surface area (Å²) in [7, 11) is 0. The number of nitrogens with one attached hydrogen (secondary N) is 1. The van der Waals surface area contributed by atoms with E-state index in [2.05, 4.69) is 31.2 Å². The fraction of sp³-hybridized carbons (Fsp3) is 0.455. The molecule has 8 heteroatoms. The minimum absolute atomic E-state index is 0.0192. The maximum atomic E-state index is 13.0. The van der Waals surface area contributed by atoms with Crippen LogP contribution in [0.25, 0.3) is 21.3 Å². The van der Waals surface area contributed by atoms with Crippen LogP contribution in [-0.4, -0.2) is 51.6 Å². The number of pyridine rings is 2. The van der Waals surface area contributed by atoms with Crippen molar-refractivity contribution in [1.29, 1.82) is 0 Å². The van der Waals surface area contributed by atoms with Crippen LogP contribution in [0.5, 0.6) is 0 Å². The van der Waals surface area contributed by atoms with Gasteiger partial charge in [-0.15, -0.1) is 11.3 Å². The highest BCUT2D eigenvalue weighted by molar-refractivity contribution is 7.13. The third-order valence-electron chi connectivity index (χ3n) is 6.18. The first-order valence-corrected chi connectivity index (χ1v) is 11.3. The molecule has 2 fully saturated rings. The summed E-state index contributed by atoms with van der Waals surface area (Å²) in [6.45, 7) is 2.12. The normalized spacial score (nSPS) is 22.7. The van der Waals surface area contributed by atoms with Crippen LogP contribution in [0.4, 0.5) is 10.2 Å². The molecule has 3 aromatic rings. The smallest absolute Gasteiger partial charge is 0.228 e. The molecule has 1 saturated carbocycles. The largest absolute Gasteiger partial charge is 0.310 e. The van der Waals surface area contributed by atoms with Gasteiger partial charge in [0, 0.05) is 48.9 Å². The molecule has 1 aliphatic carbocycles. The summed E-state index contributed by atoms with van der Waals surface area (Å²) < 4.78 is 13.0. The van der Waals surface area contributed by atoms with Gasteiger partial charge in [-0.05, 0) is 43.7 Å². The van der Waals surface area contributed by atoms with Gasteiger partial charge in [-0.2, -0.15) is 0 Å². The first-order chi connectivity index (χ1) is 14.6. The van der Waals surface area contributed by atoms with Gasteiger partial charge in [0.15, 0.2) is 0 Å². The molecule has 0 unspecified atom stereocenters. The van der Waals surface area contributed by atoms with Gasteiger partial charge in [0.25, 0.3) is 0 Å². The number of amides is 1. The Hall–Kier alpha value is -2.45. The van der Waals surface area contributed by atoms with Gasteiger partial charge in [0.1, 0.15) is 12.0 Å². The van der Waals surface area contributed by atoms with Gasteiger partial charge in [0.05, 0.1) is 22.1 Å². The van der Waals surface area contributed by atoms with Gasteiger partial charge < -0.3 is 5.32 Å². The topological polar surface area (TPSA) is 71.0 Å². The number of carbonyl (C=O) groups is 1. The third kappa shape index (κ3) is 4.20. The Morgan fingerprint density at radius 2 is 1.97 bits per heavy atom. The molecule has 0 spiro atoms. The number of nitrogens with zero attached hydrogens (tertiary/aromatic N) is 4. The van der Waals surface area contributed by atoms with E-state index in [1.165, 1.54) is 0 Å². The van der Waals surface area contributed by atoms with E-state index in [1.807, 2.05) is 18.5 Å². The second-order valence-corrected chi connectivity index (χ2v) is 9.26. The van der Waals surface area contributed by atoms with Crippen LogP contribution in [0.3, 0.4) is 0 Å². The molecule has 1 N–H and O–H groups in total. The molecule has 1 aliphatic heterocycles. The van der Waals surface area contributed by atoms with E-state index in [1.54, 1.807) is 23.0 Å². The molecule has 0 atom stereocenters. The Balaban J connectivity index is 1.20. The van der Waals surface area contributed by atoms with E-state index in [0.29, 0.717) is 24.8 Å². The molecule has 4 heterocycles. The van der Waals surface area contributed by atoms with Crippen molar-refractivity contribution >= 4 is 34.0 Å². The average molecular weight is 426 g/mol. The monoisotopic (exact) mass is 425 g/mol. The Labute approximate surface area is 178 Å². The van der Waals surface area contributed by atoms with Gasteiger partial charge in [-0.3, -0.25) is 19.7 Å². The molecule has 0 bridgehead atoms.